The van der Waals surface area contributed by atoms with E-state index in [1.807, 2.05) is 6.92 Å². The SMILES string of the molecule is C=C(CC(N)C1(C(=C)C)CC1C)Oc1cc(CCCCC)cc(C)c1C1C=C(C)CCC1.C=CC. The number of allylic oxidation sites excluding steroid dienone is 3. The van der Waals surface area contributed by atoms with Crippen LogP contribution in [0.25, 0.3) is 0 Å². The molecule has 2 N–H and O–H groups in total. The number of nitrogens with two attached hydrogens (primary N) is 1. The Bertz CT molecular complexity index is 923. The third kappa shape index (κ3) is 7.46. The summed E-state index contributed by atoms with van der Waals surface area (Å²) < 4.78 is 6.54. The number of ether oxygens (including phenoxy) is 1. The highest BCUT2D eigenvalue weighted by Crippen LogP contribution is 2.59. The first-order valence-electron chi connectivity index (χ1n) is 13.8. The minimum absolute atomic E-state index is 0.0107. The Morgan fingerprint density at radius 1 is 1.26 bits per heavy atom. The van der Waals surface area contributed by atoms with Crippen molar-refractivity contribution in [1.29, 1.82) is 0 Å². The van der Waals surface area contributed by atoms with Crippen LogP contribution in [0.3, 0.4) is 0 Å². The van der Waals surface area contributed by atoms with E-state index in [1.54, 1.807) is 6.08 Å². The summed E-state index contributed by atoms with van der Waals surface area (Å²) in [6.07, 6.45) is 14.5. The van der Waals surface area contributed by atoms with Crippen LogP contribution < -0.4 is 10.5 Å². The molecule has 0 heterocycles. The maximum Gasteiger partial charge on any atom is 0.131 e. The molecule has 0 aliphatic heterocycles. The zero-order valence-electron chi connectivity index (χ0n) is 23.5. The van der Waals surface area contributed by atoms with Gasteiger partial charge in [-0.3, -0.25) is 0 Å². The van der Waals surface area contributed by atoms with Gasteiger partial charge in [0.1, 0.15) is 5.75 Å². The zero-order chi connectivity index (χ0) is 26.2. The predicted octanol–water partition coefficient (Wildman–Crippen LogP) is 9.35. The van der Waals surface area contributed by atoms with E-state index in [2.05, 4.69) is 72.6 Å². The molecule has 1 saturated carbocycles. The molecule has 194 valence electrons. The van der Waals surface area contributed by atoms with Gasteiger partial charge in [-0.2, -0.15) is 0 Å². The molecule has 0 saturated heterocycles. The fourth-order valence-corrected chi connectivity index (χ4v) is 5.96. The lowest BCUT2D eigenvalue weighted by Crippen LogP contribution is -2.34. The van der Waals surface area contributed by atoms with Gasteiger partial charge in [0, 0.05) is 29.4 Å². The second-order valence-corrected chi connectivity index (χ2v) is 11.1. The molecule has 2 aliphatic rings. The standard InChI is InChI=1S/C30H45NO.C3H6/c1-8-9-10-13-25-16-22(5)29(26-14-11-12-21(4)15-26)27(18-25)32-24(7)17-28(31)30(20(2)3)19-23(30)6;1-3-2/h15-16,18,23,26,28H,2,7-14,17,19,31H2,1,3-6H3;3H,1H2,2H3. The molecule has 1 aromatic rings. The van der Waals surface area contributed by atoms with Gasteiger partial charge in [0.15, 0.2) is 0 Å². The van der Waals surface area contributed by atoms with Crippen molar-refractivity contribution in [3.05, 3.63) is 77.6 Å². The molecule has 4 unspecified atom stereocenters. The lowest BCUT2D eigenvalue weighted by Gasteiger charge is -2.28. The molecule has 0 bridgehead atoms. The minimum atomic E-state index is 0.0107. The number of hydrogen-bond donors (Lipinski definition) is 1. The molecule has 4 atom stereocenters. The summed E-state index contributed by atoms with van der Waals surface area (Å²) in [4.78, 5) is 0. The van der Waals surface area contributed by atoms with Gasteiger partial charge in [-0.1, -0.05) is 69.2 Å². The highest BCUT2D eigenvalue weighted by molar-refractivity contribution is 5.48. The summed E-state index contributed by atoms with van der Waals surface area (Å²) in [6.45, 7) is 24.9. The molecule has 35 heavy (non-hydrogen) atoms. The van der Waals surface area contributed by atoms with Gasteiger partial charge >= 0.3 is 0 Å². The molecule has 3 rings (SSSR count). The summed E-state index contributed by atoms with van der Waals surface area (Å²) in [5.74, 6) is 2.80. The first kappa shape index (κ1) is 29.2. The van der Waals surface area contributed by atoms with E-state index in [0.717, 1.165) is 24.4 Å². The van der Waals surface area contributed by atoms with E-state index < -0.39 is 0 Å². The van der Waals surface area contributed by atoms with Crippen LogP contribution in [0.4, 0.5) is 0 Å². The van der Waals surface area contributed by atoms with E-state index >= 15 is 0 Å². The van der Waals surface area contributed by atoms with E-state index in [1.165, 1.54) is 66.4 Å². The maximum atomic E-state index is 6.69. The average molecular weight is 478 g/mol. The summed E-state index contributed by atoms with van der Waals surface area (Å²) in [5.41, 5.74) is 13.5. The molecular weight excluding hydrogens is 426 g/mol. The average Bonchev–Trinajstić information content (AvgIpc) is 3.47. The molecular formula is C33H51NO. The van der Waals surface area contributed by atoms with Gasteiger partial charge in [0.05, 0.1) is 5.76 Å². The number of unbranched alkanes of at least 4 members (excludes halogenated alkanes) is 2. The smallest absolute Gasteiger partial charge is 0.131 e. The predicted molar refractivity (Wildman–Crippen MR) is 154 cm³/mol. The van der Waals surface area contributed by atoms with Crippen molar-refractivity contribution < 1.29 is 4.74 Å². The largest absolute Gasteiger partial charge is 0.462 e. The molecule has 0 radical (unpaired) electrons. The summed E-state index contributed by atoms with van der Waals surface area (Å²) in [5, 5.41) is 0. The topological polar surface area (TPSA) is 35.2 Å². The van der Waals surface area contributed by atoms with E-state index in [-0.39, 0.29) is 11.5 Å². The van der Waals surface area contributed by atoms with Gasteiger partial charge in [-0.15, -0.1) is 6.58 Å². The first-order valence-corrected chi connectivity index (χ1v) is 13.8. The van der Waals surface area contributed by atoms with Crippen molar-refractivity contribution in [2.75, 3.05) is 0 Å². The number of benzene rings is 1. The summed E-state index contributed by atoms with van der Waals surface area (Å²) in [6, 6.07) is 4.67. The number of aryl methyl sites for hydroxylation is 2. The Morgan fingerprint density at radius 3 is 2.46 bits per heavy atom. The molecule has 0 aromatic heterocycles. The van der Waals surface area contributed by atoms with Crippen LogP contribution in [-0.2, 0) is 6.42 Å². The second kappa shape index (κ2) is 13.3. The van der Waals surface area contributed by atoms with Crippen molar-refractivity contribution in [3.8, 4) is 5.75 Å². The maximum absolute atomic E-state index is 6.69. The van der Waals surface area contributed by atoms with E-state index in [4.69, 9.17) is 10.5 Å². The lowest BCUT2D eigenvalue weighted by molar-refractivity contribution is 0.344. The van der Waals surface area contributed by atoms with Gasteiger partial charge in [0.25, 0.3) is 0 Å². The van der Waals surface area contributed by atoms with Gasteiger partial charge in [-0.05, 0) is 89.3 Å². The zero-order valence-corrected chi connectivity index (χ0v) is 23.5. The molecule has 2 nitrogen and oxygen atoms in total. The van der Waals surface area contributed by atoms with Crippen molar-refractivity contribution in [3.63, 3.8) is 0 Å². The van der Waals surface area contributed by atoms with Gasteiger partial charge in [0.2, 0.25) is 0 Å². The Labute approximate surface area is 216 Å². The summed E-state index contributed by atoms with van der Waals surface area (Å²) >= 11 is 0. The monoisotopic (exact) mass is 477 g/mol. The van der Waals surface area contributed by atoms with Crippen LogP contribution in [0.5, 0.6) is 5.75 Å². The molecule has 2 aliphatic carbocycles. The molecule has 1 aromatic carbocycles. The second-order valence-electron chi connectivity index (χ2n) is 11.1. The Balaban J connectivity index is 0.00000137. The number of hydrogen-bond acceptors (Lipinski definition) is 2. The summed E-state index contributed by atoms with van der Waals surface area (Å²) in [7, 11) is 0. The van der Waals surface area contributed by atoms with Crippen LogP contribution in [0.1, 0.15) is 109 Å². The molecule has 2 heteroatoms. The van der Waals surface area contributed by atoms with Crippen LogP contribution in [0.15, 0.2) is 60.9 Å². The van der Waals surface area contributed by atoms with Crippen molar-refractivity contribution in [1.82, 2.24) is 0 Å². The molecule has 0 amide bonds. The van der Waals surface area contributed by atoms with Crippen molar-refractivity contribution >= 4 is 0 Å². The van der Waals surface area contributed by atoms with Crippen LogP contribution >= 0.6 is 0 Å². The van der Waals surface area contributed by atoms with Crippen molar-refractivity contribution in [2.24, 2.45) is 17.1 Å². The Morgan fingerprint density at radius 2 is 1.91 bits per heavy atom. The third-order valence-corrected chi connectivity index (χ3v) is 7.94. The van der Waals surface area contributed by atoms with E-state index in [9.17, 15) is 0 Å². The van der Waals surface area contributed by atoms with Gasteiger partial charge < -0.3 is 10.5 Å². The molecule has 1 fully saturated rings. The first-order chi connectivity index (χ1) is 16.6. The van der Waals surface area contributed by atoms with Gasteiger partial charge in [-0.25, -0.2) is 0 Å². The van der Waals surface area contributed by atoms with Crippen LogP contribution in [0.2, 0.25) is 0 Å². The van der Waals surface area contributed by atoms with Crippen molar-refractivity contribution in [2.45, 2.75) is 111 Å². The normalized spacial score (nSPS) is 23.9. The van der Waals surface area contributed by atoms with E-state index in [0.29, 0.717) is 18.3 Å². The highest BCUT2D eigenvalue weighted by Gasteiger charge is 2.55. The van der Waals surface area contributed by atoms with Crippen LogP contribution in [0, 0.1) is 18.3 Å². The third-order valence-electron chi connectivity index (χ3n) is 7.94. The fraction of sp³-hybridized carbons (Fsp3) is 0.576. The Hall–Kier alpha value is -2.06. The number of rotatable bonds is 11. The Kier molecular flexibility index (Phi) is 11.1. The minimum Gasteiger partial charge on any atom is -0.462 e. The lowest BCUT2D eigenvalue weighted by atomic mass is 9.83. The fourth-order valence-electron chi connectivity index (χ4n) is 5.96. The molecule has 0 spiro atoms. The van der Waals surface area contributed by atoms with Crippen LogP contribution in [-0.4, -0.2) is 6.04 Å². The highest BCUT2D eigenvalue weighted by atomic mass is 16.5. The quantitative estimate of drug-likeness (QED) is 0.196.